The van der Waals surface area contributed by atoms with Gasteiger partial charge in [-0.05, 0) is 39.5 Å². The van der Waals surface area contributed by atoms with Gasteiger partial charge in [0.2, 0.25) is 0 Å². The van der Waals surface area contributed by atoms with Crippen LogP contribution in [-0.4, -0.2) is 30.6 Å². The summed E-state index contributed by atoms with van der Waals surface area (Å²) in [5.74, 6) is -1.18. The number of hydrogen-bond acceptors (Lipinski definition) is 4. The molecule has 0 N–H and O–H groups in total. The number of esters is 1. The summed E-state index contributed by atoms with van der Waals surface area (Å²) in [6, 6.07) is 0. The van der Waals surface area contributed by atoms with E-state index in [4.69, 9.17) is 9.47 Å². The summed E-state index contributed by atoms with van der Waals surface area (Å²) in [7, 11) is 0. The lowest BCUT2D eigenvalue weighted by Crippen LogP contribution is -2.47. The van der Waals surface area contributed by atoms with E-state index in [2.05, 4.69) is 0 Å². The van der Waals surface area contributed by atoms with Crippen LogP contribution in [0.2, 0.25) is 0 Å². The smallest absolute Gasteiger partial charge is 0.316 e. The molecule has 4 heteroatoms. The molecule has 0 amide bonds. The molecule has 104 valence electrons. The lowest BCUT2D eigenvalue weighted by Gasteiger charge is -2.34. The Morgan fingerprint density at radius 2 is 2.06 bits per heavy atom. The molecule has 0 aromatic heterocycles. The van der Waals surface area contributed by atoms with Crippen molar-refractivity contribution in [1.82, 2.24) is 0 Å². The van der Waals surface area contributed by atoms with Crippen LogP contribution in [0.25, 0.3) is 0 Å². The van der Waals surface area contributed by atoms with Gasteiger partial charge < -0.3 is 9.47 Å². The molecule has 1 aliphatic heterocycles. The lowest BCUT2D eigenvalue weighted by molar-refractivity contribution is -0.163. The summed E-state index contributed by atoms with van der Waals surface area (Å²) < 4.78 is 10.6. The molecule has 2 unspecified atom stereocenters. The third-order valence-electron chi connectivity index (χ3n) is 3.45. The van der Waals surface area contributed by atoms with Crippen LogP contribution < -0.4 is 0 Å². The predicted octanol–water partition coefficient (Wildman–Crippen LogP) is 2.49. The van der Waals surface area contributed by atoms with Gasteiger partial charge >= 0.3 is 5.97 Å². The van der Waals surface area contributed by atoms with Crippen molar-refractivity contribution >= 4 is 11.8 Å². The van der Waals surface area contributed by atoms with Crippen LogP contribution in [0.5, 0.6) is 0 Å². The van der Waals surface area contributed by atoms with E-state index in [1.807, 2.05) is 6.92 Å². The Hall–Kier alpha value is -0.900. The van der Waals surface area contributed by atoms with Crippen molar-refractivity contribution in [3.05, 3.63) is 0 Å². The van der Waals surface area contributed by atoms with Gasteiger partial charge in [0.05, 0.1) is 6.61 Å². The molecule has 0 spiro atoms. The van der Waals surface area contributed by atoms with Crippen LogP contribution >= 0.6 is 0 Å². The molecule has 0 aromatic carbocycles. The summed E-state index contributed by atoms with van der Waals surface area (Å²) in [4.78, 5) is 24.4. The van der Waals surface area contributed by atoms with Gasteiger partial charge in [-0.1, -0.05) is 13.3 Å². The second-order valence-electron chi connectivity index (χ2n) is 4.99. The fourth-order valence-corrected chi connectivity index (χ4v) is 2.38. The van der Waals surface area contributed by atoms with Gasteiger partial charge in [-0.25, -0.2) is 0 Å². The zero-order valence-corrected chi connectivity index (χ0v) is 11.7. The third kappa shape index (κ3) is 3.55. The molecule has 4 nitrogen and oxygen atoms in total. The predicted molar refractivity (Wildman–Crippen MR) is 68.2 cm³/mol. The van der Waals surface area contributed by atoms with Gasteiger partial charge in [-0.3, -0.25) is 9.59 Å². The summed E-state index contributed by atoms with van der Waals surface area (Å²) >= 11 is 0. The normalized spacial score (nSPS) is 25.5. The Morgan fingerprint density at radius 3 is 2.56 bits per heavy atom. The van der Waals surface area contributed by atoms with Gasteiger partial charge in [0.15, 0.2) is 5.78 Å². The summed E-state index contributed by atoms with van der Waals surface area (Å²) in [5.41, 5.74) is -0.801. The minimum absolute atomic E-state index is 0.109. The first kappa shape index (κ1) is 15.2. The molecule has 2 atom stereocenters. The number of ether oxygens (including phenoxy) is 2. The molecular formula is C14H24O4. The average molecular weight is 256 g/mol. The quantitative estimate of drug-likeness (QED) is 0.541. The van der Waals surface area contributed by atoms with E-state index in [0.717, 1.165) is 19.3 Å². The first-order valence-corrected chi connectivity index (χ1v) is 6.90. The van der Waals surface area contributed by atoms with Gasteiger partial charge in [0.25, 0.3) is 0 Å². The minimum Gasteiger partial charge on any atom is -0.465 e. The minimum atomic E-state index is -0.801. The fraction of sp³-hybridized carbons (Fsp3) is 0.857. The molecule has 0 saturated carbocycles. The van der Waals surface area contributed by atoms with Gasteiger partial charge in [0.1, 0.15) is 11.5 Å². The van der Waals surface area contributed by atoms with E-state index in [-0.39, 0.29) is 5.78 Å². The van der Waals surface area contributed by atoms with Crippen LogP contribution in [0.1, 0.15) is 52.9 Å². The largest absolute Gasteiger partial charge is 0.465 e. The van der Waals surface area contributed by atoms with E-state index >= 15 is 0 Å². The average Bonchev–Trinajstić information content (AvgIpc) is 2.36. The zero-order valence-electron chi connectivity index (χ0n) is 11.7. The highest BCUT2D eigenvalue weighted by molar-refractivity contribution is 6.03. The Kier molecular flexibility index (Phi) is 5.79. The SMILES string of the molecule is CCCC(C(=O)OCC)C(=O)C1(C)CCCCO1. The third-order valence-corrected chi connectivity index (χ3v) is 3.45. The standard InChI is InChI=1S/C14H24O4/c1-4-8-11(13(16)17-5-2)12(15)14(3)9-6-7-10-18-14/h11H,4-10H2,1-3H3. The number of Topliss-reactive ketones (excluding diaryl/α,β-unsaturated/α-hetero) is 1. The van der Waals surface area contributed by atoms with Crippen molar-refractivity contribution in [2.45, 2.75) is 58.5 Å². The van der Waals surface area contributed by atoms with Crippen molar-refractivity contribution < 1.29 is 19.1 Å². The Balaban J connectivity index is 2.77. The molecule has 1 rings (SSSR count). The molecule has 1 saturated heterocycles. The fourth-order valence-electron chi connectivity index (χ4n) is 2.38. The van der Waals surface area contributed by atoms with E-state index in [1.165, 1.54) is 0 Å². The van der Waals surface area contributed by atoms with E-state index < -0.39 is 17.5 Å². The maximum absolute atomic E-state index is 12.5. The lowest BCUT2D eigenvalue weighted by atomic mass is 9.83. The van der Waals surface area contributed by atoms with Crippen LogP contribution in [0.4, 0.5) is 0 Å². The molecule has 0 radical (unpaired) electrons. The number of carbonyl (C=O) groups is 2. The van der Waals surface area contributed by atoms with Gasteiger partial charge in [-0.2, -0.15) is 0 Å². The van der Waals surface area contributed by atoms with Crippen molar-refractivity contribution in [3.63, 3.8) is 0 Å². The number of ketones is 1. The molecule has 1 heterocycles. The first-order valence-electron chi connectivity index (χ1n) is 6.90. The van der Waals surface area contributed by atoms with E-state index in [0.29, 0.717) is 26.1 Å². The second-order valence-corrected chi connectivity index (χ2v) is 4.99. The monoisotopic (exact) mass is 256 g/mol. The number of rotatable bonds is 6. The molecule has 1 aliphatic rings. The second kappa shape index (κ2) is 6.88. The molecule has 0 aromatic rings. The van der Waals surface area contributed by atoms with Crippen LogP contribution in [0.15, 0.2) is 0 Å². The first-order chi connectivity index (χ1) is 8.55. The van der Waals surface area contributed by atoms with Crippen LogP contribution in [-0.2, 0) is 19.1 Å². The molecule has 0 aliphatic carbocycles. The molecule has 18 heavy (non-hydrogen) atoms. The maximum atomic E-state index is 12.5. The molecule has 0 bridgehead atoms. The Morgan fingerprint density at radius 1 is 1.33 bits per heavy atom. The van der Waals surface area contributed by atoms with Crippen molar-refractivity contribution in [3.8, 4) is 0 Å². The number of carbonyl (C=O) groups excluding carboxylic acids is 2. The van der Waals surface area contributed by atoms with Crippen molar-refractivity contribution in [1.29, 1.82) is 0 Å². The maximum Gasteiger partial charge on any atom is 0.316 e. The van der Waals surface area contributed by atoms with Crippen LogP contribution in [0, 0.1) is 5.92 Å². The molecule has 1 fully saturated rings. The van der Waals surface area contributed by atoms with Crippen molar-refractivity contribution in [2.24, 2.45) is 5.92 Å². The van der Waals surface area contributed by atoms with Crippen LogP contribution in [0.3, 0.4) is 0 Å². The van der Waals surface area contributed by atoms with E-state index in [1.54, 1.807) is 13.8 Å². The zero-order chi connectivity index (χ0) is 13.6. The summed E-state index contributed by atoms with van der Waals surface area (Å²) in [6.07, 6.45) is 3.98. The van der Waals surface area contributed by atoms with Crippen molar-refractivity contribution in [2.75, 3.05) is 13.2 Å². The summed E-state index contributed by atoms with van der Waals surface area (Å²) in [5, 5.41) is 0. The highest BCUT2D eigenvalue weighted by atomic mass is 16.5. The van der Waals surface area contributed by atoms with E-state index in [9.17, 15) is 9.59 Å². The highest BCUT2D eigenvalue weighted by Crippen LogP contribution is 2.30. The topological polar surface area (TPSA) is 52.6 Å². The van der Waals surface area contributed by atoms with Gasteiger partial charge in [-0.15, -0.1) is 0 Å². The highest BCUT2D eigenvalue weighted by Gasteiger charge is 2.42. The number of hydrogen-bond donors (Lipinski definition) is 0. The van der Waals surface area contributed by atoms with Gasteiger partial charge in [0, 0.05) is 6.61 Å². The Labute approximate surface area is 109 Å². The summed E-state index contributed by atoms with van der Waals surface area (Å²) in [6.45, 7) is 6.43. The Bertz CT molecular complexity index is 292. The molecular weight excluding hydrogens is 232 g/mol.